The van der Waals surface area contributed by atoms with E-state index in [1.807, 2.05) is 24.3 Å². The number of carboxylic acids is 1. The number of carboxylic acid groups (broad SMARTS) is 1. The lowest BCUT2D eigenvalue weighted by atomic mass is 10.2. The van der Waals surface area contributed by atoms with Gasteiger partial charge in [-0.1, -0.05) is 12.1 Å². The molecule has 0 spiro atoms. The highest BCUT2D eigenvalue weighted by molar-refractivity contribution is 8.01. The topological polar surface area (TPSA) is 55.8 Å². The van der Waals surface area contributed by atoms with Crippen LogP contribution in [0.5, 0.6) is 11.5 Å². The first-order valence-corrected chi connectivity index (χ1v) is 6.73. The van der Waals surface area contributed by atoms with Crippen LogP contribution in [0, 0.1) is 0 Å². The van der Waals surface area contributed by atoms with Gasteiger partial charge in [0.05, 0.1) is 0 Å². The predicted molar refractivity (Wildman–Crippen MR) is 70.5 cm³/mol. The van der Waals surface area contributed by atoms with Crippen molar-refractivity contribution in [1.29, 1.82) is 0 Å². The Balaban J connectivity index is 1.93. The SMILES string of the molecule is CC(C)(SCC1COc2ccccc2O1)C(=O)O. The molecule has 2 rings (SSSR count). The van der Waals surface area contributed by atoms with E-state index in [9.17, 15) is 4.79 Å². The number of rotatable bonds is 4. The monoisotopic (exact) mass is 268 g/mol. The number of para-hydroxylation sites is 2. The van der Waals surface area contributed by atoms with Gasteiger partial charge in [-0.25, -0.2) is 0 Å². The van der Waals surface area contributed by atoms with E-state index in [2.05, 4.69) is 0 Å². The highest BCUT2D eigenvalue weighted by Crippen LogP contribution is 2.33. The lowest BCUT2D eigenvalue weighted by Crippen LogP contribution is -2.35. The molecule has 1 atom stereocenters. The van der Waals surface area contributed by atoms with Crippen LogP contribution in [0.4, 0.5) is 0 Å². The molecule has 0 aliphatic carbocycles. The van der Waals surface area contributed by atoms with Gasteiger partial charge in [0.25, 0.3) is 0 Å². The Kier molecular flexibility index (Phi) is 3.71. The molecule has 1 unspecified atom stereocenters. The molecule has 4 nitrogen and oxygen atoms in total. The van der Waals surface area contributed by atoms with E-state index in [1.165, 1.54) is 11.8 Å². The van der Waals surface area contributed by atoms with Crippen molar-refractivity contribution in [2.75, 3.05) is 12.4 Å². The zero-order chi connectivity index (χ0) is 13.2. The molecule has 1 heterocycles. The van der Waals surface area contributed by atoms with Crippen molar-refractivity contribution >= 4 is 17.7 Å². The molecular weight excluding hydrogens is 252 g/mol. The van der Waals surface area contributed by atoms with Crippen LogP contribution in [0.2, 0.25) is 0 Å². The molecule has 0 aromatic heterocycles. The summed E-state index contributed by atoms with van der Waals surface area (Å²) in [4.78, 5) is 11.0. The van der Waals surface area contributed by atoms with Gasteiger partial charge in [0.2, 0.25) is 0 Å². The second kappa shape index (κ2) is 5.10. The normalized spacial score (nSPS) is 18.4. The number of ether oxygens (including phenoxy) is 2. The molecule has 1 aliphatic rings. The van der Waals surface area contributed by atoms with Gasteiger partial charge in [-0.3, -0.25) is 4.79 Å². The summed E-state index contributed by atoms with van der Waals surface area (Å²) in [5.41, 5.74) is 0. The molecule has 1 N–H and O–H groups in total. The third kappa shape index (κ3) is 2.90. The molecular formula is C13H16O4S. The van der Waals surface area contributed by atoms with Crippen molar-refractivity contribution in [3.63, 3.8) is 0 Å². The molecule has 0 saturated heterocycles. The molecule has 1 aromatic carbocycles. The van der Waals surface area contributed by atoms with Crippen molar-refractivity contribution in [3.05, 3.63) is 24.3 Å². The van der Waals surface area contributed by atoms with Crippen molar-refractivity contribution in [2.24, 2.45) is 0 Å². The largest absolute Gasteiger partial charge is 0.486 e. The molecule has 5 heteroatoms. The Morgan fingerprint density at radius 2 is 2.11 bits per heavy atom. The van der Waals surface area contributed by atoms with Crippen LogP contribution < -0.4 is 9.47 Å². The van der Waals surface area contributed by atoms with Crippen LogP contribution in [0.1, 0.15) is 13.8 Å². The fourth-order valence-electron chi connectivity index (χ4n) is 1.51. The fraction of sp³-hybridized carbons (Fsp3) is 0.462. The summed E-state index contributed by atoms with van der Waals surface area (Å²) >= 11 is 1.36. The van der Waals surface area contributed by atoms with Crippen molar-refractivity contribution in [3.8, 4) is 11.5 Å². The molecule has 1 aliphatic heterocycles. The number of fused-ring (bicyclic) bond motifs is 1. The summed E-state index contributed by atoms with van der Waals surface area (Å²) in [6.07, 6.45) is -0.108. The van der Waals surface area contributed by atoms with Crippen LogP contribution in [0.25, 0.3) is 0 Å². The minimum Gasteiger partial charge on any atom is -0.486 e. The maximum Gasteiger partial charge on any atom is 0.319 e. The zero-order valence-corrected chi connectivity index (χ0v) is 11.2. The van der Waals surface area contributed by atoms with E-state index in [0.29, 0.717) is 12.4 Å². The third-order valence-corrected chi connectivity index (χ3v) is 4.15. The number of benzene rings is 1. The molecule has 0 amide bonds. The highest BCUT2D eigenvalue weighted by atomic mass is 32.2. The second-order valence-electron chi connectivity index (χ2n) is 4.62. The molecule has 98 valence electrons. The van der Waals surface area contributed by atoms with Crippen molar-refractivity contribution in [2.45, 2.75) is 24.7 Å². The maximum absolute atomic E-state index is 11.0. The van der Waals surface area contributed by atoms with E-state index in [4.69, 9.17) is 14.6 Å². The molecule has 0 saturated carbocycles. The van der Waals surface area contributed by atoms with Gasteiger partial charge >= 0.3 is 5.97 Å². The van der Waals surface area contributed by atoms with E-state index in [-0.39, 0.29) is 6.10 Å². The van der Waals surface area contributed by atoms with Gasteiger partial charge in [0, 0.05) is 5.75 Å². The van der Waals surface area contributed by atoms with Crippen LogP contribution >= 0.6 is 11.8 Å². The molecule has 0 bridgehead atoms. The smallest absolute Gasteiger partial charge is 0.319 e. The van der Waals surface area contributed by atoms with Crippen LogP contribution in [-0.4, -0.2) is 34.3 Å². The summed E-state index contributed by atoms with van der Waals surface area (Å²) in [5, 5.41) is 9.04. The third-order valence-electron chi connectivity index (χ3n) is 2.71. The minimum atomic E-state index is -0.815. The van der Waals surface area contributed by atoms with Gasteiger partial charge in [-0.15, -0.1) is 11.8 Å². The Morgan fingerprint density at radius 1 is 1.44 bits per heavy atom. The zero-order valence-electron chi connectivity index (χ0n) is 10.4. The number of carbonyl (C=O) groups is 1. The summed E-state index contributed by atoms with van der Waals surface area (Å²) in [6.45, 7) is 3.84. The molecule has 0 radical (unpaired) electrons. The van der Waals surface area contributed by atoms with Gasteiger partial charge in [-0.2, -0.15) is 0 Å². The maximum atomic E-state index is 11.0. The second-order valence-corrected chi connectivity index (χ2v) is 6.27. The number of thioether (sulfide) groups is 1. The summed E-state index contributed by atoms with van der Waals surface area (Å²) in [5.74, 6) is 1.25. The standard InChI is InChI=1S/C13H16O4S/c1-13(2,12(14)15)18-8-9-7-16-10-5-3-4-6-11(10)17-9/h3-6,9H,7-8H2,1-2H3,(H,14,15). The average Bonchev–Trinajstić information content (AvgIpc) is 2.36. The Bertz CT molecular complexity index is 444. The van der Waals surface area contributed by atoms with E-state index in [1.54, 1.807) is 13.8 Å². The molecule has 0 fully saturated rings. The molecule has 1 aromatic rings. The lowest BCUT2D eigenvalue weighted by Gasteiger charge is -2.28. The lowest BCUT2D eigenvalue weighted by molar-refractivity contribution is -0.138. The summed E-state index contributed by atoms with van der Waals surface area (Å²) in [6, 6.07) is 7.50. The van der Waals surface area contributed by atoms with E-state index < -0.39 is 10.7 Å². The number of aliphatic carboxylic acids is 1. The summed E-state index contributed by atoms with van der Waals surface area (Å²) < 4.78 is 10.5. The first-order chi connectivity index (χ1) is 8.49. The first-order valence-electron chi connectivity index (χ1n) is 5.75. The van der Waals surface area contributed by atoms with E-state index in [0.717, 1.165) is 11.5 Å². The average molecular weight is 268 g/mol. The van der Waals surface area contributed by atoms with Gasteiger partial charge < -0.3 is 14.6 Å². The van der Waals surface area contributed by atoms with E-state index >= 15 is 0 Å². The Hall–Kier alpha value is -1.36. The van der Waals surface area contributed by atoms with Crippen LogP contribution in [0.3, 0.4) is 0 Å². The van der Waals surface area contributed by atoms with Crippen LogP contribution in [0.15, 0.2) is 24.3 Å². The van der Waals surface area contributed by atoms with Gasteiger partial charge in [0.15, 0.2) is 11.5 Å². The predicted octanol–water partition coefficient (Wildman–Crippen LogP) is 2.42. The number of hydrogen-bond donors (Lipinski definition) is 1. The fourth-order valence-corrected chi connectivity index (χ4v) is 2.40. The highest BCUT2D eigenvalue weighted by Gasteiger charge is 2.30. The van der Waals surface area contributed by atoms with Crippen molar-refractivity contribution < 1.29 is 19.4 Å². The van der Waals surface area contributed by atoms with Gasteiger partial charge in [0.1, 0.15) is 17.5 Å². The number of hydrogen-bond acceptors (Lipinski definition) is 4. The van der Waals surface area contributed by atoms with Crippen molar-refractivity contribution in [1.82, 2.24) is 0 Å². The molecule has 18 heavy (non-hydrogen) atoms. The minimum absolute atomic E-state index is 0.108. The Morgan fingerprint density at radius 3 is 2.78 bits per heavy atom. The van der Waals surface area contributed by atoms with Gasteiger partial charge in [-0.05, 0) is 26.0 Å². The first kappa shape index (κ1) is 13.1. The summed E-state index contributed by atoms with van der Waals surface area (Å²) in [7, 11) is 0. The Labute approximate surface area is 110 Å². The quantitative estimate of drug-likeness (QED) is 0.909. The van der Waals surface area contributed by atoms with Crippen LogP contribution in [-0.2, 0) is 4.79 Å².